The Kier molecular flexibility index (Phi) is 7.28. The van der Waals surface area contributed by atoms with Crippen molar-refractivity contribution in [3.63, 3.8) is 0 Å². The largest absolute Gasteiger partial charge is 0.482 e. The highest BCUT2D eigenvalue weighted by molar-refractivity contribution is 7.21. The molecule has 0 N–H and O–H groups in total. The van der Waals surface area contributed by atoms with E-state index in [-0.39, 0.29) is 29.5 Å². The maximum atomic E-state index is 13.3. The van der Waals surface area contributed by atoms with E-state index in [1.807, 2.05) is 55.5 Å². The fraction of sp³-hybridized carbons (Fsp3) is 0.0645. The number of fused-ring (bicyclic) bond motifs is 1. The number of para-hydroxylation sites is 1. The summed E-state index contributed by atoms with van der Waals surface area (Å²) in [4.78, 5) is 39.1. The molecule has 38 heavy (non-hydrogen) atoms. The van der Waals surface area contributed by atoms with Gasteiger partial charge in [0.2, 0.25) is 5.78 Å². The van der Waals surface area contributed by atoms with E-state index in [4.69, 9.17) is 14.2 Å². The summed E-state index contributed by atoms with van der Waals surface area (Å²) in [5.74, 6) is -0.549. The number of hydrogen-bond acceptors (Lipinski definition) is 7. The van der Waals surface area contributed by atoms with Crippen molar-refractivity contribution in [2.75, 3.05) is 6.61 Å². The first-order chi connectivity index (χ1) is 18.5. The van der Waals surface area contributed by atoms with Crippen molar-refractivity contribution in [2.45, 2.75) is 6.92 Å². The molecule has 0 fully saturated rings. The van der Waals surface area contributed by atoms with E-state index >= 15 is 0 Å². The van der Waals surface area contributed by atoms with Crippen molar-refractivity contribution in [1.82, 2.24) is 0 Å². The van der Waals surface area contributed by atoms with Crippen LogP contribution in [0, 0.1) is 6.92 Å². The van der Waals surface area contributed by atoms with Crippen LogP contribution >= 0.6 is 11.3 Å². The molecular formula is C31H22O6S. The van der Waals surface area contributed by atoms with Gasteiger partial charge < -0.3 is 14.2 Å². The maximum Gasteiger partial charge on any atom is 0.349 e. The Labute approximate surface area is 223 Å². The third-order valence-electron chi connectivity index (χ3n) is 5.73. The average Bonchev–Trinajstić information content (AvgIpc) is 3.31. The summed E-state index contributed by atoms with van der Waals surface area (Å²) in [6.45, 7) is 1.59. The Bertz CT molecular complexity index is 1640. The molecule has 5 rings (SSSR count). The van der Waals surface area contributed by atoms with Gasteiger partial charge in [-0.1, -0.05) is 66.7 Å². The molecule has 0 aliphatic rings. The van der Waals surface area contributed by atoms with E-state index in [1.54, 1.807) is 48.5 Å². The molecule has 0 aliphatic heterocycles. The minimum atomic E-state index is -0.676. The van der Waals surface area contributed by atoms with Crippen molar-refractivity contribution >= 4 is 39.1 Å². The SMILES string of the molecule is Cc1ccccc1OCC(=O)Oc1cccc(C(=O)Oc2c(C(=O)c3ccccc3)sc3ccccc23)c1. The zero-order valence-corrected chi connectivity index (χ0v) is 21.2. The highest BCUT2D eigenvalue weighted by atomic mass is 32.1. The van der Waals surface area contributed by atoms with Gasteiger partial charge in [0.05, 0.1) is 5.56 Å². The van der Waals surface area contributed by atoms with Crippen molar-refractivity contribution < 1.29 is 28.6 Å². The zero-order chi connectivity index (χ0) is 26.5. The topological polar surface area (TPSA) is 78.9 Å². The molecule has 0 saturated carbocycles. The number of benzene rings is 4. The van der Waals surface area contributed by atoms with Gasteiger partial charge >= 0.3 is 11.9 Å². The number of esters is 2. The smallest absolute Gasteiger partial charge is 0.349 e. The summed E-state index contributed by atoms with van der Waals surface area (Å²) < 4.78 is 17.5. The Hall–Kier alpha value is -4.75. The Morgan fingerprint density at radius 2 is 1.45 bits per heavy atom. The second kappa shape index (κ2) is 11.1. The number of thiophene rings is 1. The minimum absolute atomic E-state index is 0.170. The van der Waals surface area contributed by atoms with Crippen LogP contribution in [0.15, 0.2) is 103 Å². The molecule has 0 atom stereocenters. The van der Waals surface area contributed by atoms with E-state index in [1.165, 1.54) is 17.4 Å². The monoisotopic (exact) mass is 522 g/mol. The van der Waals surface area contributed by atoms with Gasteiger partial charge in [0.1, 0.15) is 16.4 Å². The Balaban J connectivity index is 1.34. The molecular weight excluding hydrogens is 500 g/mol. The summed E-state index contributed by atoms with van der Waals surface area (Å²) in [6, 6.07) is 29.7. The molecule has 0 aliphatic carbocycles. The predicted molar refractivity (Wildman–Crippen MR) is 145 cm³/mol. The van der Waals surface area contributed by atoms with Crippen LogP contribution in [-0.2, 0) is 4.79 Å². The Morgan fingerprint density at radius 3 is 2.26 bits per heavy atom. The molecule has 0 saturated heterocycles. The number of ether oxygens (including phenoxy) is 3. The molecule has 6 nitrogen and oxygen atoms in total. The summed E-state index contributed by atoms with van der Waals surface area (Å²) in [5.41, 5.74) is 1.57. The first-order valence-corrected chi connectivity index (χ1v) is 12.6. The zero-order valence-electron chi connectivity index (χ0n) is 20.4. The fourth-order valence-electron chi connectivity index (χ4n) is 3.85. The van der Waals surface area contributed by atoms with Gasteiger partial charge in [-0.15, -0.1) is 11.3 Å². The van der Waals surface area contributed by atoms with Crippen molar-refractivity contribution in [2.24, 2.45) is 0 Å². The molecule has 0 unspecified atom stereocenters. The standard InChI is InChI=1S/C31H22O6S/c1-20-10-5-7-16-25(20)35-19-27(32)36-23-14-9-13-22(18-23)31(34)37-29-24-15-6-8-17-26(24)38-30(29)28(33)21-11-3-2-4-12-21/h2-18H,19H2,1H3. The first kappa shape index (κ1) is 24.9. The van der Waals surface area contributed by atoms with Gasteiger partial charge in [0.25, 0.3) is 0 Å². The van der Waals surface area contributed by atoms with Crippen LogP contribution in [0.4, 0.5) is 0 Å². The number of carbonyl (C=O) groups is 3. The first-order valence-electron chi connectivity index (χ1n) is 11.8. The van der Waals surface area contributed by atoms with Crippen molar-refractivity contribution in [1.29, 1.82) is 0 Å². The third kappa shape index (κ3) is 5.48. The molecule has 0 radical (unpaired) electrons. The lowest BCUT2D eigenvalue weighted by atomic mass is 10.1. The predicted octanol–water partition coefficient (Wildman–Crippen LogP) is 6.64. The lowest BCUT2D eigenvalue weighted by Crippen LogP contribution is -2.18. The second-order valence-electron chi connectivity index (χ2n) is 8.40. The minimum Gasteiger partial charge on any atom is -0.482 e. The molecule has 0 bridgehead atoms. The summed E-state index contributed by atoms with van der Waals surface area (Å²) in [5, 5.41) is 0.668. The van der Waals surface area contributed by atoms with E-state index in [2.05, 4.69) is 0 Å². The molecule has 0 amide bonds. The van der Waals surface area contributed by atoms with E-state index in [0.29, 0.717) is 21.6 Å². The van der Waals surface area contributed by atoms with Gasteiger partial charge in [0.15, 0.2) is 12.4 Å². The van der Waals surface area contributed by atoms with Gasteiger partial charge in [-0.05, 0) is 48.9 Å². The number of hydrogen-bond donors (Lipinski definition) is 0. The van der Waals surface area contributed by atoms with Crippen LogP contribution in [0.3, 0.4) is 0 Å². The lowest BCUT2D eigenvalue weighted by molar-refractivity contribution is -0.136. The highest BCUT2D eigenvalue weighted by Gasteiger charge is 2.24. The van der Waals surface area contributed by atoms with E-state index in [9.17, 15) is 14.4 Å². The van der Waals surface area contributed by atoms with Gasteiger partial charge in [-0.25, -0.2) is 9.59 Å². The third-order valence-corrected chi connectivity index (χ3v) is 6.88. The van der Waals surface area contributed by atoms with Gasteiger partial charge in [-0.3, -0.25) is 4.79 Å². The normalized spacial score (nSPS) is 10.7. The summed E-state index contributed by atoms with van der Waals surface area (Å²) >= 11 is 1.27. The quantitative estimate of drug-likeness (QED) is 0.129. The van der Waals surface area contributed by atoms with E-state index < -0.39 is 11.9 Å². The molecule has 188 valence electrons. The molecule has 1 aromatic heterocycles. The van der Waals surface area contributed by atoms with Crippen LogP contribution in [0.1, 0.15) is 31.2 Å². The summed E-state index contributed by atoms with van der Waals surface area (Å²) in [6.07, 6.45) is 0. The fourth-order valence-corrected chi connectivity index (χ4v) is 4.94. The lowest BCUT2D eigenvalue weighted by Gasteiger charge is -2.10. The summed E-state index contributed by atoms with van der Waals surface area (Å²) in [7, 11) is 0. The number of ketones is 1. The van der Waals surface area contributed by atoms with Crippen molar-refractivity contribution in [3.8, 4) is 17.2 Å². The van der Waals surface area contributed by atoms with Crippen LogP contribution in [0.5, 0.6) is 17.2 Å². The number of carbonyl (C=O) groups excluding carboxylic acids is 3. The molecule has 0 spiro atoms. The van der Waals surface area contributed by atoms with E-state index in [0.717, 1.165) is 10.3 Å². The van der Waals surface area contributed by atoms with Gasteiger partial charge in [0, 0.05) is 15.6 Å². The average molecular weight is 523 g/mol. The van der Waals surface area contributed by atoms with Gasteiger partial charge in [-0.2, -0.15) is 0 Å². The molecule has 4 aromatic carbocycles. The molecule has 5 aromatic rings. The molecule has 7 heteroatoms. The molecule has 1 heterocycles. The highest BCUT2D eigenvalue weighted by Crippen LogP contribution is 2.39. The van der Waals surface area contributed by atoms with Crippen molar-refractivity contribution in [3.05, 3.63) is 125 Å². The second-order valence-corrected chi connectivity index (χ2v) is 9.45. The van der Waals surface area contributed by atoms with Crippen LogP contribution < -0.4 is 14.2 Å². The number of rotatable bonds is 8. The number of aryl methyl sites for hydroxylation is 1. The maximum absolute atomic E-state index is 13.3. The Morgan fingerprint density at radius 1 is 0.737 bits per heavy atom. The van der Waals surface area contributed by atoms with Crippen LogP contribution in [0.25, 0.3) is 10.1 Å². The van der Waals surface area contributed by atoms with Crippen LogP contribution in [-0.4, -0.2) is 24.3 Å². The van der Waals surface area contributed by atoms with Crippen LogP contribution in [0.2, 0.25) is 0 Å².